The Morgan fingerprint density at radius 3 is 2.73 bits per heavy atom. The minimum atomic E-state index is -0.940. The molecule has 0 aromatic carbocycles. The van der Waals surface area contributed by atoms with Gasteiger partial charge in [0.15, 0.2) is 0 Å². The van der Waals surface area contributed by atoms with Gasteiger partial charge in [-0.2, -0.15) is 5.26 Å². The number of rotatable bonds is 3. The van der Waals surface area contributed by atoms with Gasteiger partial charge in [0.2, 0.25) is 5.71 Å². The number of amides is 2. The molecule has 0 spiro atoms. The van der Waals surface area contributed by atoms with Crippen LogP contribution in [-0.4, -0.2) is 25.1 Å². The topological polar surface area (TPSA) is 91.5 Å². The molecule has 0 rings (SSSR count). The van der Waals surface area contributed by atoms with Crippen LogP contribution in [0.15, 0.2) is 5.16 Å². The van der Waals surface area contributed by atoms with Crippen LogP contribution in [0.2, 0.25) is 0 Å². The molecule has 0 unspecified atom stereocenters. The summed E-state index contributed by atoms with van der Waals surface area (Å²) in [6, 6.07) is 1.42. The van der Waals surface area contributed by atoms with E-state index in [1.165, 1.54) is 13.2 Å². The number of nitriles is 1. The molecule has 1 radical (unpaired) electrons. The second kappa shape index (κ2) is 4.93. The number of oxime groups is 1. The van der Waals surface area contributed by atoms with Crippen molar-refractivity contribution < 1.29 is 14.4 Å². The summed E-state index contributed by atoms with van der Waals surface area (Å²) >= 11 is 0. The normalized spacial score (nSPS) is 9.64. The van der Waals surface area contributed by atoms with Crippen LogP contribution >= 0.6 is 0 Å². The highest BCUT2D eigenvalue weighted by molar-refractivity contribution is 6.46. The van der Waals surface area contributed by atoms with E-state index in [9.17, 15) is 9.59 Å². The third-order valence-electron chi connectivity index (χ3n) is 0.668. The van der Waals surface area contributed by atoms with Gasteiger partial charge in [-0.05, 0) is 0 Å². The summed E-state index contributed by atoms with van der Waals surface area (Å²) in [6.45, 7) is 0. The maximum atomic E-state index is 10.6. The van der Waals surface area contributed by atoms with Gasteiger partial charge >= 0.3 is 6.41 Å². The summed E-state index contributed by atoms with van der Waals surface area (Å²) < 4.78 is 0. The van der Waals surface area contributed by atoms with Crippen LogP contribution in [0.5, 0.6) is 0 Å². The Kier molecular flexibility index (Phi) is 4.08. The van der Waals surface area contributed by atoms with Crippen molar-refractivity contribution in [1.29, 1.82) is 5.26 Å². The molecular formula is C5H4N3O3. The molecule has 0 aromatic rings. The summed E-state index contributed by atoms with van der Waals surface area (Å²) in [4.78, 5) is 24.3. The van der Waals surface area contributed by atoms with E-state index in [0.29, 0.717) is 0 Å². The van der Waals surface area contributed by atoms with Gasteiger partial charge < -0.3 is 4.84 Å². The molecule has 0 aromatic heterocycles. The lowest BCUT2D eigenvalue weighted by atomic mass is 10.4. The standard InChI is InChI=1S/C5H4N3O3/c1-11-8-4(2-6)5(10)7-3-9/h1H3,(H,7,9,10)/b8-4+. The van der Waals surface area contributed by atoms with Gasteiger partial charge in [0.1, 0.15) is 13.2 Å². The lowest BCUT2D eigenvalue weighted by Gasteiger charge is -1.90. The van der Waals surface area contributed by atoms with Gasteiger partial charge in [0, 0.05) is 0 Å². The predicted molar refractivity (Wildman–Crippen MR) is 33.9 cm³/mol. The zero-order chi connectivity index (χ0) is 8.69. The largest absolute Gasteiger partial charge is 0.398 e. The van der Waals surface area contributed by atoms with E-state index in [-0.39, 0.29) is 0 Å². The average Bonchev–Trinajstić information content (AvgIpc) is 2.00. The predicted octanol–water partition coefficient (Wildman–Crippen LogP) is -1.30. The second-order valence-corrected chi connectivity index (χ2v) is 1.29. The smallest absolute Gasteiger partial charge is 0.316 e. The Morgan fingerprint density at radius 1 is 1.73 bits per heavy atom. The summed E-state index contributed by atoms with van der Waals surface area (Å²) in [6.07, 6.45) is 1.10. The summed E-state index contributed by atoms with van der Waals surface area (Å²) in [5.74, 6) is -0.940. The first kappa shape index (κ1) is 9.10. The minimum absolute atomic E-state index is 0.532. The fourth-order valence-electron chi connectivity index (χ4n) is 0.309. The Labute approximate surface area is 62.4 Å². The molecule has 0 bridgehead atoms. The van der Waals surface area contributed by atoms with Crippen molar-refractivity contribution in [2.45, 2.75) is 0 Å². The molecule has 57 valence electrons. The molecule has 0 aliphatic heterocycles. The van der Waals surface area contributed by atoms with Crippen LogP contribution in [0.25, 0.3) is 0 Å². The zero-order valence-corrected chi connectivity index (χ0v) is 5.62. The van der Waals surface area contributed by atoms with E-state index in [1.54, 1.807) is 5.32 Å². The first-order valence-electron chi connectivity index (χ1n) is 2.45. The molecule has 0 heterocycles. The molecule has 0 saturated heterocycles. The molecule has 1 N–H and O–H groups in total. The first-order chi connectivity index (χ1) is 5.26. The molecule has 0 saturated carbocycles. The SMILES string of the molecule is CO/N=C(\C#N)C(=O)N[C]=O. The third kappa shape index (κ3) is 2.95. The fourth-order valence-corrected chi connectivity index (χ4v) is 0.309. The van der Waals surface area contributed by atoms with E-state index >= 15 is 0 Å². The van der Waals surface area contributed by atoms with E-state index in [4.69, 9.17) is 5.26 Å². The Hall–Kier alpha value is -1.90. The summed E-state index contributed by atoms with van der Waals surface area (Å²) in [5.41, 5.74) is -0.532. The van der Waals surface area contributed by atoms with E-state index in [2.05, 4.69) is 9.99 Å². The highest BCUT2D eigenvalue weighted by Gasteiger charge is 2.09. The van der Waals surface area contributed by atoms with E-state index in [0.717, 1.165) is 6.41 Å². The van der Waals surface area contributed by atoms with E-state index < -0.39 is 11.6 Å². The van der Waals surface area contributed by atoms with E-state index in [1.807, 2.05) is 0 Å². The maximum absolute atomic E-state index is 10.6. The Balaban J connectivity index is 4.29. The van der Waals surface area contributed by atoms with Crippen molar-refractivity contribution in [2.75, 3.05) is 7.11 Å². The number of imide groups is 1. The van der Waals surface area contributed by atoms with Gasteiger partial charge in [-0.1, -0.05) is 5.16 Å². The van der Waals surface area contributed by atoms with Gasteiger partial charge in [0.25, 0.3) is 5.91 Å². The highest BCUT2D eigenvalue weighted by Crippen LogP contribution is 1.77. The molecule has 6 heteroatoms. The number of hydrogen-bond acceptors (Lipinski definition) is 5. The van der Waals surface area contributed by atoms with Crippen molar-refractivity contribution in [3.05, 3.63) is 0 Å². The van der Waals surface area contributed by atoms with Gasteiger partial charge in [-0.3, -0.25) is 14.9 Å². The summed E-state index contributed by atoms with van der Waals surface area (Å²) in [5, 5.41) is 12.8. The zero-order valence-electron chi connectivity index (χ0n) is 5.62. The maximum Gasteiger partial charge on any atom is 0.316 e. The molecule has 2 amide bonds. The highest BCUT2D eigenvalue weighted by atomic mass is 16.6. The quantitative estimate of drug-likeness (QED) is 0.310. The van der Waals surface area contributed by atoms with Gasteiger partial charge in [-0.15, -0.1) is 0 Å². The van der Waals surface area contributed by atoms with Crippen LogP contribution in [-0.2, 0) is 14.4 Å². The molecule has 0 fully saturated rings. The van der Waals surface area contributed by atoms with Crippen molar-refractivity contribution in [3.8, 4) is 6.07 Å². The number of nitrogens with one attached hydrogen (secondary N) is 1. The van der Waals surface area contributed by atoms with Crippen molar-refractivity contribution in [2.24, 2.45) is 5.16 Å². The van der Waals surface area contributed by atoms with Crippen molar-refractivity contribution in [3.63, 3.8) is 0 Å². The first-order valence-corrected chi connectivity index (χ1v) is 2.45. The number of nitrogens with zero attached hydrogens (tertiary/aromatic N) is 2. The van der Waals surface area contributed by atoms with Crippen molar-refractivity contribution in [1.82, 2.24) is 5.32 Å². The monoisotopic (exact) mass is 154 g/mol. The van der Waals surface area contributed by atoms with Crippen LogP contribution in [0.3, 0.4) is 0 Å². The molecule has 11 heavy (non-hydrogen) atoms. The van der Waals surface area contributed by atoms with Crippen LogP contribution in [0, 0.1) is 11.3 Å². The number of hydrogen-bond donors (Lipinski definition) is 1. The minimum Gasteiger partial charge on any atom is -0.398 e. The average molecular weight is 154 g/mol. The lowest BCUT2D eigenvalue weighted by molar-refractivity contribution is -0.113. The van der Waals surface area contributed by atoms with Crippen molar-refractivity contribution >= 4 is 18.0 Å². The summed E-state index contributed by atoms with van der Waals surface area (Å²) in [7, 11) is 1.18. The van der Waals surface area contributed by atoms with Crippen LogP contribution in [0.4, 0.5) is 0 Å². The second-order valence-electron chi connectivity index (χ2n) is 1.29. The molecular weight excluding hydrogens is 150 g/mol. The third-order valence-corrected chi connectivity index (χ3v) is 0.668. The van der Waals surface area contributed by atoms with Gasteiger partial charge in [-0.25, -0.2) is 0 Å². The number of carbonyl (C=O) groups is 1. The molecule has 0 aliphatic rings. The molecule has 0 atom stereocenters. The lowest BCUT2D eigenvalue weighted by Crippen LogP contribution is -2.28. The molecule has 6 nitrogen and oxygen atoms in total. The van der Waals surface area contributed by atoms with Crippen LogP contribution < -0.4 is 5.32 Å². The Bertz CT molecular complexity index is 228. The van der Waals surface area contributed by atoms with Crippen LogP contribution in [0.1, 0.15) is 0 Å². The number of carbonyl (C=O) groups excluding carboxylic acids is 2. The molecule has 0 aliphatic carbocycles. The fraction of sp³-hybridized carbons (Fsp3) is 0.200. The van der Waals surface area contributed by atoms with Gasteiger partial charge in [0.05, 0.1) is 0 Å². The Morgan fingerprint density at radius 2 is 2.36 bits per heavy atom.